The van der Waals surface area contributed by atoms with Crippen LogP contribution in [0, 0.1) is 0 Å². The lowest BCUT2D eigenvalue weighted by atomic mass is 10.1. The molecule has 0 atom stereocenters. The van der Waals surface area contributed by atoms with E-state index in [2.05, 4.69) is 12.1 Å². The molecule has 0 N–H and O–H groups in total. The topological polar surface area (TPSA) is 29.5 Å². The van der Waals surface area contributed by atoms with Gasteiger partial charge in [-0.25, -0.2) is 0 Å². The molecule has 1 amide bonds. The predicted molar refractivity (Wildman–Crippen MR) is 78.8 cm³/mol. The van der Waals surface area contributed by atoms with E-state index in [0.717, 1.165) is 31.7 Å². The standard InChI is InChI=1S/C17H23NO2/c19-17(18-11-4-12-18)10-9-14-5-3-8-16(13-14)20-15-6-1-2-7-15/h3,5,8,13,15H,1-2,4,6-7,9-12H2. The van der Waals surface area contributed by atoms with Crippen molar-refractivity contribution in [3.63, 3.8) is 0 Å². The maximum atomic E-state index is 11.9. The minimum absolute atomic E-state index is 0.290. The van der Waals surface area contributed by atoms with E-state index in [0.29, 0.717) is 18.4 Å². The highest BCUT2D eigenvalue weighted by Gasteiger charge is 2.20. The highest BCUT2D eigenvalue weighted by Crippen LogP contribution is 2.25. The molecule has 0 radical (unpaired) electrons. The Balaban J connectivity index is 1.52. The van der Waals surface area contributed by atoms with Gasteiger partial charge in [0.05, 0.1) is 6.10 Å². The number of carbonyl (C=O) groups excluding carboxylic acids is 1. The van der Waals surface area contributed by atoms with Crippen molar-refractivity contribution in [2.45, 2.75) is 51.0 Å². The van der Waals surface area contributed by atoms with Gasteiger partial charge in [-0.15, -0.1) is 0 Å². The lowest BCUT2D eigenvalue weighted by Gasteiger charge is -2.30. The first-order valence-electron chi connectivity index (χ1n) is 7.84. The van der Waals surface area contributed by atoms with E-state index >= 15 is 0 Å². The number of rotatable bonds is 5. The number of aryl methyl sites for hydroxylation is 1. The molecule has 3 rings (SSSR count). The Labute approximate surface area is 120 Å². The molecule has 2 aliphatic rings. The van der Waals surface area contributed by atoms with E-state index in [1.807, 2.05) is 17.0 Å². The molecule has 108 valence electrons. The summed E-state index contributed by atoms with van der Waals surface area (Å²) in [5.74, 6) is 1.25. The Kier molecular flexibility index (Phi) is 4.24. The van der Waals surface area contributed by atoms with Crippen molar-refractivity contribution in [1.82, 2.24) is 4.90 Å². The van der Waals surface area contributed by atoms with Crippen LogP contribution in [0.1, 0.15) is 44.1 Å². The number of ether oxygens (including phenoxy) is 1. The van der Waals surface area contributed by atoms with Crippen LogP contribution >= 0.6 is 0 Å². The molecule has 0 aromatic heterocycles. The summed E-state index contributed by atoms with van der Waals surface area (Å²) in [5, 5.41) is 0. The van der Waals surface area contributed by atoms with Crippen molar-refractivity contribution in [3.05, 3.63) is 29.8 Å². The molecule has 3 nitrogen and oxygen atoms in total. The van der Waals surface area contributed by atoms with Crippen LogP contribution in [-0.4, -0.2) is 30.0 Å². The van der Waals surface area contributed by atoms with Crippen LogP contribution in [0.15, 0.2) is 24.3 Å². The fraction of sp³-hybridized carbons (Fsp3) is 0.588. The summed E-state index contributed by atoms with van der Waals surface area (Å²) in [6, 6.07) is 8.25. The Morgan fingerprint density at radius 2 is 2.00 bits per heavy atom. The molecule has 0 bridgehead atoms. The van der Waals surface area contributed by atoms with Gasteiger partial charge in [-0.3, -0.25) is 4.79 Å². The van der Waals surface area contributed by atoms with Crippen molar-refractivity contribution in [1.29, 1.82) is 0 Å². The maximum Gasteiger partial charge on any atom is 0.222 e. The number of carbonyl (C=O) groups is 1. The molecule has 1 aliphatic carbocycles. The molecule has 1 aromatic rings. The van der Waals surface area contributed by atoms with Gasteiger partial charge >= 0.3 is 0 Å². The second kappa shape index (κ2) is 6.29. The van der Waals surface area contributed by atoms with Crippen LogP contribution in [0.25, 0.3) is 0 Å². The normalized spacial score (nSPS) is 18.9. The molecule has 1 heterocycles. The van der Waals surface area contributed by atoms with Gasteiger partial charge in [0.2, 0.25) is 5.91 Å². The van der Waals surface area contributed by atoms with Crippen molar-refractivity contribution >= 4 is 5.91 Å². The number of nitrogens with zero attached hydrogens (tertiary/aromatic N) is 1. The third kappa shape index (κ3) is 3.33. The molecule has 1 saturated heterocycles. The van der Waals surface area contributed by atoms with E-state index < -0.39 is 0 Å². The average molecular weight is 273 g/mol. The van der Waals surface area contributed by atoms with Crippen molar-refractivity contribution < 1.29 is 9.53 Å². The largest absolute Gasteiger partial charge is 0.490 e. The Morgan fingerprint density at radius 1 is 1.20 bits per heavy atom. The van der Waals surface area contributed by atoms with Gasteiger partial charge in [0.1, 0.15) is 5.75 Å². The monoisotopic (exact) mass is 273 g/mol. The molecule has 1 aliphatic heterocycles. The zero-order valence-corrected chi connectivity index (χ0v) is 12.0. The quantitative estimate of drug-likeness (QED) is 0.824. The van der Waals surface area contributed by atoms with Crippen LogP contribution in [0.4, 0.5) is 0 Å². The van der Waals surface area contributed by atoms with E-state index in [9.17, 15) is 4.79 Å². The van der Waals surface area contributed by atoms with E-state index in [1.54, 1.807) is 0 Å². The fourth-order valence-corrected chi connectivity index (χ4v) is 2.95. The van der Waals surface area contributed by atoms with Gasteiger partial charge in [0.15, 0.2) is 0 Å². The van der Waals surface area contributed by atoms with Gasteiger partial charge in [0, 0.05) is 19.5 Å². The summed E-state index contributed by atoms with van der Waals surface area (Å²) < 4.78 is 6.01. The van der Waals surface area contributed by atoms with Gasteiger partial charge in [-0.1, -0.05) is 12.1 Å². The molecule has 20 heavy (non-hydrogen) atoms. The van der Waals surface area contributed by atoms with Crippen molar-refractivity contribution in [3.8, 4) is 5.75 Å². The van der Waals surface area contributed by atoms with E-state index in [1.165, 1.54) is 31.2 Å². The number of hydrogen-bond acceptors (Lipinski definition) is 2. The average Bonchev–Trinajstić information content (AvgIpc) is 2.88. The Hall–Kier alpha value is -1.51. The molecule has 1 saturated carbocycles. The second-order valence-corrected chi connectivity index (χ2v) is 5.91. The summed E-state index contributed by atoms with van der Waals surface area (Å²) in [7, 11) is 0. The third-order valence-corrected chi connectivity index (χ3v) is 4.34. The fourth-order valence-electron chi connectivity index (χ4n) is 2.95. The summed E-state index contributed by atoms with van der Waals surface area (Å²) in [6.07, 6.45) is 7.92. The SMILES string of the molecule is O=C(CCc1cccc(OC2CCCC2)c1)N1CCC1. The maximum absolute atomic E-state index is 11.9. The van der Waals surface area contributed by atoms with Crippen molar-refractivity contribution in [2.75, 3.05) is 13.1 Å². The molecular weight excluding hydrogens is 250 g/mol. The Bertz CT molecular complexity index is 462. The number of amides is 1. The minimum atomic E-state index is 0.290. The van der Waals surface area contributed by atoms with E-state index in [-0.39, 0.29) is 0 Å². The molecule has 2 fully saturated rings. The molecular formula is C17H23NO2. The Morgan fingerprint density at radius 3 is 2.70 bits per heavy atom. The van der Waals surface area contributed by atoms with Gasteiger partial charge in [-0.05, 0) is 56.2 Å². The lowest BCUT2D eigenvalue weighted by Crippen LogP contribution is -2.42. The second-order valence-electron chi connectivity index (χ2n) is 5.91. The molecule has 0 spiro atoms. The van der Waals surface area contributed by atoms with Gasteiger partial charge in [0.25, 0.3) is 0 Å². The van der Waals surface area contributed by atoms with E-state index in [4.69, 9.17) is 4.74 Å². The smallest absolute Gasteiger partial charge is 0.222 e. The van der Waals surface area contributed by atoms with Crippen LogP contribution in [0.2, 0.25) is 0 Å². The van der Waals surface area contributed by atoms with Crippen LogP contribution < -0.4 is 4.74 Å². The first kappa shape index (κ1) is 13.5. The number of benzene rings is 1. The summed E-state index contributed by atoms with van der Waals surface area (Å²) >= 11 is 0. The number of hydrogen-bond donors (Lipinski definition) is 0. The predicted octanol–water partition coefficient (Wildman–Crippen LogP) is 3.17. The lowest BCUT2D eigenvalue weighted by molar-refractivity contribution is -0.134. The zero-order valence-electron chi connectivity index (χ0n) is 12.0. The summed E-state index contributed by atoms with van der Waals surface area (Å²) in [6.45, 7) is 1.90. The molecule has 3 heteroatoms. The van der Waals surface area contributed by atoms with Crippen LogP contribution in [0.3, 0.4) is 0 Å². The van der Waals surface area contributed by atoms with Crippen LogP contribution in [0.5, 0.6) is 5.75 Å². The van der Waals surface area contributed by atoms with Crippen LogP contribution in [-0.2, 0) is 11.2 Å². The summed E-state index contributed by atoms with van der Waals surface area (Å²) in [4.78, 5) is 13.8. The molecule has 0 unspecified atom stereocenters. The first-order valence-corrected chi connectivity index (χ1v) is 7.84. The highest BCUT2D eigenvalue weighted by atomic mass is 16.5. The van der Waals surface area contributed by atoms with Gasteiger partial charge < -0.3 is 9.64 Å². The van der Waals surface area contributed by atoms with Gasteiger partial charge in [-0.2, -0.15) is 0 Å². The zero-order chi connectivity index (χ0) is 13.8. The molecule has 1 aromatic carbocycles. The number of likely N-dealkylation sites (tertiary alicyclic amines) is 1. The highest BCUT2D eigenvalue weighted by molar-refractivity contribution is 5.77. The third-order valence-electron chi connectivity index (χ3n) is 4.34. The minimum Gasteiger partial charge on any atom is -0.490 e. The summed E-state index contributed by atoms with van der Waals surface area (Å²) in [5.41, 5.74) is 1.20. The van der Waals surface area contributed by atoms with Crippen molar-refractivity contribution in [2.24, 2.45) is 0 Å². The first-order chi connectivity index (χ1) is 9.81.